The topological polar surface area (TPSA) is 70.6 Å². The molecule has 0 N–H and O–H groups in total. The molecule has 168 valence electrons. The molecule has 0 saturated carbocycles. The third kappa shape index (κ3) is 5.63. The number of amides is 1. The third-order valence-electron chi connectivity index (χ3n) is 5.14. The van der Waals surface area contributed by atoms with Crippen LogP contribution in [0.5, 0.6) is 0 Å². The van der Waals surface area contributed by atoms with Crippen LogP contribution in [0.15, 0.2) is 47.4 Å². The zero-order chi connectivity index (χ0) is 21.9. The van der Waals surface area contributed by atoms with Crippen LogP contribution in [-0.4, -0.2) is 56.6 Å². The van der Waals surface area contributed by atoms with E-state index >= 15 is 0 Å². The minimum absolute atomic E-state index is 0. The summed E-state index contributed by atoms with van der Waals surface area (Å²) in [5, 5.41) is 0.583. The van der Waals surface area contributed by atoms with Crippen LogP contribution in [0.3, 0.4) is 0 Å². The minimum Gasteiger partial charge on any atom is -0.302 e. The van der Waals surface area contributed by atoms with E-state index in [2.05, 4.69) is 18.7 Å². The van der Waals surface area contributed by atoms with Crippen molar-refractivity contribution in [2.75, 3.05) is 37.3 Å². The van der Waals surface area contributed by atoms with Gasteiger partial charge in [0.2, 0.25) is 0 Å². The molecule has 2 aromatic carbocycles. The Labute approximate surface area is 194 Å². The van der Waals surface area contributed by atoms with Crippen molar-refractivity contribution >= 4 is 54.8 Å². The quantitative estimate of drug-likeness (QED) is 0.476. The van der Waals surface area contributed by atoms with Gasteiger partial charge in [0, 0.05) is 19.3 Å². The number of benzene rings is 2. The van der Waals surface area contributed by atoms with Gasteiger partial charge in [0.25, 0.3) is 5.91 Å². The first-order valence-corrected chi connectivity index (χ1v) is 12.7. The highest BCUT2D eigenvalue weighted by Crippen LogP contribution is 2.32. The molecule has 0 aliphatic heterocycles. The van der Waals surface area contributed by atoms with Crippen LogP contribution in [0, 0.1) is 6.92 Å². The van der Waals surface area contributed by atoms with Gasteiger partial charge in [-0.25, -0.2) is 13.4 Å². The fourth-order valence-corrected chi connectivity index (χ4v) is 5.32. The fourth-order valence-electron chi connectivity index (χ4n) is 3.37. The van der Waals surface area contributed by atoms with Gasteiger partial charge in [-0.1, -0.05) is 49.4 Å². The van der Waals surface area contributed by atoms with Crippen LogP contribution in [0.1, 0.15) is 29.8 Å². The third-order valence-corrected chi connectivity index (χ3v) is 7.34. The second-order valence-electron chi connectivity index (χ2n) is 7.17. The maximum Gasteiger partial charge on any atom is 0.261 e. The van der Waals surface area contributed by atoms with Crippen molar-refractivity contribution in [2.24, 2.45) is 0 Å². The van der Waals surface area contributed by atoms with Crippen LogP contribution < -0.4 is 4.90 Å². The highest BCUT2D eigenvalue weighted by molar-refractivity contribution is 7.90. The monoisotopic (exact) mass is 481 g/mol. The number of rotatable bonds is 8. The van der Waals surface area contributed by atoms with Crippen molar-refractivity contribution in [1.29, 1.82) is 0 Å². The number of carbonyl (C=O) groups excluding carboxylic acids is 1. The molecule has 0 atom stereocenters. The van der Waals surface area contributed by atoms with Crippen molar-refractivity contribution < 1.29 is 13.2 Å². The number of likely N-dealkylation sites (N-methyl/N-ethyl adjacent to an activating group) is 1. The van der Waals surface area contributed by atoms with Gasteiger partial charge in [0.05, 0.1) is 20.7 Å². The lowest BCUT2D eigenvalue weighted by molar-refractivity contribution is 0.0980. The van der Waals surface area contributed by atoms with E-state index < -0.39 is 9.84 Å². The number of sulfone groups is 1. The number of hydrogen-bond donors (Lipinski definition) is 0. The van der Waals surface area contributed by atoms with Crippen molar-refractivity contribution in [3.8, 4) is 0 Å². The van der Waals surface area contributed by atoms with Crippen molar-refractivity contribution in [1.82, 2.24) is 9.88 Å². The lowest BCUT2D eigenvalue weighted by Gasteiger charge is -2.25. The maximum atomic E-state index is 13.6. The molecule has 1 heterocycles. The largest absolute Gasteiger partial charge is 0.302 e. The first-order chi connectivity index (χ1) is 14.3. The van der Waals surface area contributed by atoms with E-state index in [9.17, 15) is 13.2 Å². The van der Waals surface area contributed by atoms with Gasteiger partial charge in [-0.3, -0.25) is 9.69 Å². The van der Waals surface area contributed by atoms with Gasteiger partial charge in [0.1, 0.15) is 0 Å². The summed E-state index contributed by atoms with van der Waals surface area (Å²) in [6, 6.07) is 12.3. The number of nitrogens with zero attached hydrogens (tertiary/aromatic N) is 3. The van der Waals surface area contributed by atoms with E-state index in [4.69, 9.17) is 4.98 Å². The predicted octanol–water partition coefficient (Wildman–Crippen LogP) is 4.42. The summed E-state index contributed by atoms with van der Waals surface area (Å²) in [5.41, 5.74) is 2.09. The van der Waals surface area contributed by atoms with Crippen LogP contribution >= 0.6 is 23.7 Å². The van der Waals surface area contributed by atoms with Crippen LogP contribution in [0.4, 0.5) is 5.13 Å². The average Bonchev–Trinajstić information content (AvgIpc) is 3.15. The van der Waals surface area contributed by atoms with Gasteiger partial charge < -0.3 is 4.90 Å². The molecular formula is C22H28ClN3O3S2. The standard InChI is InChI=1S/C22H27N3O3S2.ClH/c1-5-24(6-2)14-15-25(22-23-20-16(3)10-9-12-18(20)29-22)21(26)17-11-7-8-13-19(17)30(4,27)28;/h7-13H,5-6,14-15H2,1-4H3;1H. The van der Waals surface area contributed by atoms with Crippen LogP contribution in [-0.2, 0) is 9.84 Å². The number of thiazole rings is 1. The molecule has 0 saturated heterocycles. The van der Waals surface area contributed by atoms with Crippen molar-refractivity contribution in [3.63, 3.8) is 0 Å². The molecular weight excluding hydrogens is 454 g/mol. The lowest BCUT2D eigenvalue weighted by Crippen LogP contribution is -2.39. The second kappa shape index (κ2) is 10.5. The zero-order valence-electron chi connectivity index (χ0n) is 18.2. The molecule has 9 heteroatoms. The van der Waals surface area contributed by atoms with E-state index in [1.54, 1.807) is 23.1 Å². The average molecular weight is 482 g/mol. The minimum atomic E-state index is -3.54. The van der Waals surface area contributed by atoms with E-state index in [-0.39, 0.29) is 28.8 Å². The summed E-state index contributed by atoms with van der Waals surface area (Å²) in [5.74, 6) is -0.347. The molecule has 1 aromatic heterocycles. The summed E-state index contributed by atoms with van der Waals surface area (Å²) in [7, 11) is -3.54. The van der Waals surface area contributed by atoms with E-state index in [0.29, 0.717) is 18.2 Å². The van der Waals surface area contributed by atoms with Gasteiger partial charge in [-0.15, -0.1) is 12.4 Å². The Bertz CT molecular complexity index is 1160. The van der Waals surface area contributed by atoms with E-state index in [1.807, 2.05) is 25.1 Å². The molecule has 1 amide bonds. The lowest BCUT2D eigenvalue weighted by atomic mass is 10.2. The molecule has 0 aliphatic carbocycles. The van der Waals surface area contributed by atoms with Gasteiger partial charge >= 0.3 is 0 Å². The SMILES string of the molecule is CCN(CC)CCN(C(=O)c1ccccc1S(C)(=O)=O)c1nc2c(C)cccc2s1.Cl. The molecule has 3 rings (SSSR count). The molecule has 6 nitrogen and oxygen atoms in total. The first-order valence-electron chi connectivity index (χ1n) is 9.95. The Hall–Kier alpha value is -2.00. The molecule has 0 bridgehead atoms. The summed E-state index contributed by atoms with van der Waals surface area (Å²) in [6.07, 6.45) is 1.13. The summed E-state index contributed by atoms with van der Waals surface area (Å²) in [6.45, 7) is 9.00. The summed E-state index contributed by atoms with van der Waals surface area (Å²) < 4.78 is 25.5. The smallest absolute Gasteiger partial charge is 0.261 e. The molecule has 0 unspecified atom stereocenters. The molecule has 0 fully saturated rings. The predicted molar refractivity (Wildman–Crippen MR) is 131 cm³/mol. The van der Waals surface area contributed by atoms with Crippen LogP contribution in [0.2, 0.25) is 0 Å². The normalized spacial score (nSPS) is 11.5. The Morgan fingerprint density at radius 1 is 1.03 bits per heavy atom. The van der Waals surface area contributed by atoms with Crippen LogP contribution in [0.25, 0.3) is 10.2 Å². The van der Waals surface area contributed by atoms with Gasteiger partial charge in [0.15, 0.2) is 15.0 Å². The number of aryl methyl sites for hydroxylation is 1. The number of carbonyl (C=O) groups is 1. The zero-order valence-corrected chi connectivity index (χ0v) is 20.6. The Kier molecular flexibility index (Phi) is 8.59. The highest BCUT2D eigenvalue weighted by atomic mass is 35.5. The van der Waals surface area contributed by atoms with Gasteiger partial charge in [-0.05, 0) is 43.8 Å². The highest BCUT2D eigenvalue weighted by Gasteiger charge is 2.26. The molecule has 0 spiro atoms. The first kappa shape index (κ1) is 25.3. The Balaban J connectivity index is 0.00000341. The molecule has 31 heavy (non-hydrogen) atoms. The van der Waals surface area contributed by atoms with E-state index in [1.165, 1.54) is 17.4 Å². The van der Waals surface area contributed by atoms with Crippen molar-refractivity contribution in [3.05, 3.63) is 53.6 Å². The van der Waals surface area contributed by atoms with Crippen molar-refractivity contribution in [2.45, 2.75) is 25.7 Å². The number of para-hydroxylation sites is 1. The number of anilines is 1. The van der Waals surface area contributed by atoms with Gasteiger partial charge in [-0.2, -0.15) is 0 Å². The fraction of sp³-hybridized carbons (Fsp3) is 0.364. The maximum absolute atomic E-state index is 13.6. The summed E-state index contributed by atoms with van der Waals surface area (Å²) >= 11 is 1.45. The molecule has 0 aliphatic rings. The summed E-state index contributed by atoms with van der Waals surface area (Å²) in [4.78, 5) is 22.2. The number of aromatic nitrogens is 1. The number of halogens is 1. The van der Waals surface area contributed by atoms with E-state index in [0.717, 1.165) is 35.1 Å². The Morgan fingerprint density at radius 3 is 2.32 bits per heavy atom. The number of fused-ring (bicyclic) bond motifs is 1. The second-order valence-corrected chi connectivity index (χ2v) is 10.2. The molecule has 0 radical (unpaired) electrons. The number of hydrogen-bond acceptors (Lipinski definition) is 6. The molecule has 3 aromatic rings. The Morgan fingerprint density at radius 2 is 1.71 bits per heavy atom.